The maximum absolute atomic E-state index is 12.5. The Labute approximate surface area is 124 Å². The summed E-state index contributed by atoms with van der Waals surface area (Å²) in [6.07, 6.45) is 7.40. The van der Waals surface area contributed by atoms with Crippen molar-refractivity contribution in [1.82, 2.24) is 0 Å². The second-order valence-corrected chi connectivity index (χ2v) is 5.77. The van der Waals surface area contributed by atoms with Gasteiger partial charge < -0.3 is 0 Å². The van der Waals surface area contributed by atoms with Gasteiger partial charge in [0.15, 0.2) is 5.78 Å². The first-order valence-corrected chi connectivity index (χ1v) is 7.40. The Hall–Kier alpha value is -2.41. The molecule has 1 nitrogen and oxygen atoms in total. The molecule has 1 heteroatoms. The van der Waals surface area contributed by atoms with Gasteiger partial charge in [0.1, 0.15) is 0 Å². The van der Waals surface area contributed by atoms with E-state index in [4.69, 9.17) is 0 Å². The number of ketones is 1. The van der Waals surface area contributed by atoms with Gasteiger partial charge in [-0.05, 0) is 23.5 Å². The van der Waals surface area contributed by atoms with Gasteiger partial charge in [-0.15, -0.1) is 0 Å². The van der Waals surface area contributed by atoms with Gasteiger partial charge >= 0.3 is 0 Å². The topological polar surface area (TPSA) is 17.1 Å². The van der Waals surface area contributed by atoms with Gasteiger partial charge in [-0.2, -0.15) is 0 Å². The zero-order valence-corrected chi connectivity index (χ0v) is 11.7. The Morgan fingerprint density at radius 1 is 0.952 bits per heavy atom. The molecule has 2 aromatic rings. The van der Waals surface area contributed by atoms with Crippen molar-refractivity contribution in [3.63, 3.8) is 0 Å². The molecule has 21 heavy (non-hydrogen) atoms. The van der Waals surface area contributed by atoms with E-state index in [0.717, 1.165) is 17.6 Å². The highest BCUT2D eigenvalue weighted by Crippen LogP contribution is 2.42. The minimum atomic E-state index is 0.126. The number of carbonyl (C=O) groups excluding carboxylic acids is 1. The van der Waals surface area contributed by atoms with Crippen molar-refractivity contribution in [3.05, 3.63) is 95.1 Å². The first-order chi connectivity index (χ1) is 10.3. The van der Waals surface area contributed by atoms with Crippen LogP contribution in [-0.2, 0) is 6.42 Å². The number of allylic oxidation sites excluding steroid dienone is 4. The molecule has 0 heterocycles. The molecule has 2 aromatic carbocycles. The van der Waals surface area contributed by atoms with Crippen LogP contribution in [-0.4, -0.2) is 5.78 Å². The molecule has 0 aliphatic heterocycles. The van der Waals surface area contributed by atoms with Gasteiger partial charge in [0, 0.05) is 17.1 Å². The van der Waals surface area contributed by atoms with E-state index >= 15 is 0 Å². The zero-order valence-electron chi connectivity index (χ0n) is 11.7. The lowest BCUT2D eigenvalue weighted by molar-refractivity contribution is 0.103. The molecule has 2 aliphatic rings. The minimum absolute atomic E-state index is 0.126. The molecule has 102 valence electrons. The number of hydrogen-bond acceptors (Lipinski definition) is 1. The summed E-state index contributed by atoms with van der Waals surface area (Å²) in [6, 6.07) is 18.1. The number of hydrogen-bond donors (Lipinski definition) is 0. The third kappa shape index (κ3) is 2.06. The van der Waals surface area contributed by atoms with Crippen molar-refractivity contribution in [1.29, 1.82) is 0 Å². The molecule has 4 rings (SSSR count). The number of fused-ring (bicyclic) bond motifs is 3. The molecule has 0 bridgehead atoms. The first-order valence-electron chi connectivity index (χ1n) is 7.40. The molecule has 0 radical (unpaired) electrons. The average Bonchev–Trinajstić information content (AvgIpc) is 2.92. The molecule has 0 amide bonds. The molecule has 0 aromatic heterocycles. The Morgan fingerprint density at radius 2 is 1.71 bits per heavy atom. The lowest BCUT2D eigenvalue weighted by Crippen LogP contribution is -2.12. The van der Waals surface area contributed by atoms with E-state index in [9.17, 15) is 4.79 Å². The maximum atomic E-state index is 12.5. The molecular formula is C20H16O. The van der Waals surface area contributed by atoms with E-state index in [1.807, 2.05) is 36.4 Å². The van der Waals surface area contributed by atoms with Gasteiger partial charge in [-0.1, -0.05) is 72.8 Å². The predicted octanol–water partition coefficient (Wildman–Crippen LogP) is 4.32. The third-order valence-corrected chi connectivity index (χ3v) is 4.51. The lowest BCUT2D eigenvalue weighted by atomic mass is 9.84. The summed E-state index contributed by atoms with van der Waals surface area (Å²) in [7, 11) is 0. The third-order valence-electron chi connectivity index (χ3n) is 4.51. The van der Waals surface area contributed by atoms with Crippen LogP contribution in [0.4, 0.5) is 0 Å². The van der Waals surface area contributed by atoms with Crippen LogP contribution < -0.4 is 0 Å². The van der Waals surface area contributed by atoms with Crippen molar-refractivity contribution >= 4 is 5.78 Å². The fourth-order valence-electron chi connectivity index (χ4n) is 3.47. The quantitative estimate of drug-likeness (QED) is 0.744. The van der Waals surface area contributed by atoms with Crippen LogP contribution in [0.2, 0.25) is 0 Å². The molecule has 0 unspecified atom stereocenters. The Morgan fingerprint density at radius 3 is 2.57 bits per heavy atom. The van der Waals surface area contributed by atoms with Crippen molar-refractivity contribution in [2.24, 2.45) is 5.92 Å². The van der Waals surface area contributed by atoms with E-state index in [-0.39, 0.29) is 5.78 Å². The highest BCUT2D eigenvalue weighted by Gasteiger charge is 2.31. The van der Waals surface area contributed by atoms with E-state index in [2.05, 4.69) is 36.4 Å². The fourth-order valence-corrected chi connectivity index (χ4v) is 3.47. The van der Waals surface area contributed by atoms with Crippen molar-refractivity contribution in [2.75, 3.05) is 0 Å². The molecule has 0 saturated carbocycles. The Balaban J connectivity index is 1.65. The standard InChI is InChI=1S/C20H16O/c21-20(14-6-2-1-3-7-14)16-10-11-19-17(13-16)12-15-8-4-5-9-18(15)19/h1-11,13,17,19H,12H2/t17-,19-/m0/s1. The van der Waals surface area contributed by atoms with E-state index in [0.29, 0.717) is 11.8 Å². The molecule has 0 N–H and O–H groups in total. The summed E-state index contributed by atoms with van der Waals surface area (Å²) >= 11 is 0. The second-order valence-electron chi connectivity index (χ2n) is 5.77. The van der Waals surface area contributed by atoms with Gasteiger partial charge in [0.05, 0.1) is 0 Å². The molecule has 0 fully saturated rings. The molecule has 2 atom stereocenters. The van der Waals surface area contributed by atoms with Crippen molar-refractivity contribution < 1.29 is 4.79 Å². The largest absolute Gasteiger partial charge is 0.289 e. The number of carbonyl (C=O) groups is 1. The summed E-state index contributed by atoms with van der Waals surface area (Å²) in [5.74, 6) is 0.991. The average molecular weight is 272 g/mol. The van der Waals surface area contributed by atoms with E-state index < -0.39 is 0 Å². The number of benzene rings is 2. The van der Waals surface area contributed by atoms with Crippen LogP contribution >= 0.6 is 0 Å². The lowest BCUT2D eigenvalue weighted by Gasteiger charge is -2.19. The SMILES string of the molecule is O=C(C1=C[C@@H]2Cc3ccccc3[C@H]2C=C1)c1ccccc1. The fraction of sp³-hybridized carbons (Fsp3) is 0.150. The number of rotatable bonds is 2. The maximum Gasteiger partial charge on any atom is 0.192 e. The van der Waals surface area contributed by atoms with E-state index in [1.54, 1.807) is 0 Å². The highest BCUT2D eigenvalue weighted by molar-refractivity contribution is 6.10. The van der Waals surface area contributed by atoms with Gasteiger partial charge in [-0.25, -0.2) is 0 Å². The van der Waals surface area contributed by atoms with Gasteiger partial charge in [0.2, 0.25) is 0 Å². The van der Waals surface area contributed by atoms with Crippen LogP contribution in [0.1, 0.15) is 27.4 Å². The van der Waals surface area contributed by atoms with Crippen LogP contribution in [0.15, 0.2) is 78.4 Å². The van der Waals surface area contributed by atoms with Crippen LogP contribution in [0, 0.1) is 5.92 Å². The predicted molar refractivity (Wildman–Crippen MR) is 84.4 cm³/mol. The summed E-state index contributed by atoms with van der Waals surface area (Å²) < 4.78 is 0. The second kappa shape index (κ2) is 4.85. The van der Waals surface area contributed by atoms with Crippen LogP contribution in [0.5, 0.6) is 0 Å². The monoisotopic (exact) mass is 272 g/mol. The molecule has 2 aliphatic carbocycles. The normalized spacial score (nSPS) is 22.4. The van der Waals surface area contributed by atoms with Gasteiger partial charge in [-0.3, -0.25) is 4.79 Å². The Kier molecular flexibility index (Phi) is 2.85. The number of Topliss-reactive ketones (excluding diaryl/α,β-unsaturated/α-hetero) is 1. The smallest absolute Gasteiger partial charge is 0.192 e. The van der Waals surface area contributed by atoms with Crippen LogP contribution in [0.25, 0.3) is 0 Å². The zero-order chi connectivity index (χ0) is 14.2. The van der Waals surface area contributed by atoms with Crippen molar-refractivity contribution in [2.45, 2.75) is 12.3 Å². The molecular weight excluding hydrogens is 256 g/mol. The highest BCUT2D eigenvalue weighted by atomic mass is 16.1. The minimum Gasteiger partial charge on any atom is -0.289 e. The Bertz CT molecular complexity index is 752. The summed E-state index contributed by atoms with van der Waals surface area (Å²) in [4.78, 5) is 12.5. The van der Waals surface area contributed by atoms with Crippen LogP contribution in [0.3, 0.4) is 0 Å². The summed E-state index contributed by atoms with van der Waals surface area (Å²) in [6.45, 7) is 0. The summed E-state index contributed by atoms with van der Waals surface area (Å²) in [5, 5.41) is 0. The van der Waals surface area contributed by atoms with Crippen molar-refractivity contribution in [3.8, 4) is 0 Å². The first kappa shape index (κ1) is 12.3. The molecule has 0 saturated heterocycles. The summed E-state index contributed by atoms with van der Waals surface area (Å²) in [5.41, 5.74) is 4.43. The van der Waals surface area contributed by atoms with Gasteiger partial charge in [0.25, 0.3) is 0 Å². The van der Waals surface area contributed by atoms with E-state index in [1.165, 1.54) is 11.1 Å². The molecule has 0 spiro atoms.